The Bertz CT molecular complexity index is 381. The Morgan fingerprint density at radius 3 is 2.69 bits per heavy atom. The zero-order valence-corrected chi connectivity index (χ0v) is 7.52. The van der Waals surface area contributed by atoms with Crippen molar-refractivity contribution in [3.8, 4) is 0 Å². The molecule has 13 heavy (non-hydrogen) atoms. The molecule has 0 fully saturated rings. The monoisotopic (exact) mass is 181 g/mol. The fraction of sp³-hybridized carbons (Fsp3) is 0.375. The Morgan fingerprint density at radius 2 is 2.23 bits per heavy atom. The van der Waals surface area contributed by atoms with Crippen molar-refractivity contribution in [3.05, 3.63) is 22.2 Å². The molecule has 0 aliphatic heterocycles. The highest BCUT2D eigenvalue weighted by Gasteiger charge is 2.06. The molecule has 0 aromatic carbocycles. The molecule has 1 rings (SSSR count). The molecule has 0 spiro atoms. The molecule has 2 N–H and O–H groups in total. The van der Waals surface area contributed by atoms with Crippen LogP contribution in [0.1, 0.15) is 30.2 Å². The molecule has 0 aliphatic carbocycles. The minimum absolute atomic E-state index is 0.0168. The number of carbonyl (C=O) groups excluding carboxylic acids is 1. The number of aldehydes is 1. The normalized spacial score (nSPS) is 10.4. The molecule has 1 aromatic heterocycles. The number of nitrogens with zero attached hydrogens (tertiary/aromatic N) is 2. The van der Waals surface area contributed by atoms with E-state index in [0.29, 0.717) is 6.29 Å². The van der Waals surface area contributed by atoms with Crippen LogP contribution in [0.4, 0.5) is 5.82 Å². The first-order chi connectivity index (χ1) is 6.06. The lowest BCUT2D eigenvalue weighted by Gasteiger charge is -2.09. The predicted octanol–water partition coefficient (Wildman–Crippen LogP) is 0.219. The van der Waals surface area contributed by atoms with Crippen LogP contribution >= 0.6 is 0 Å². The van der Waals surface area contributed by atoms with Crippen LogP contribution in [-0.4, -0.2) is 15.8 Å². The van der Waals surface area contributed by atoms with Gasteiger partial charge in [0.05, 0.1) is 5.56 Å². The molecule has 0 atom stereocenters. The average molecular weight is 181 g/mol. The molecule has 0 amide bonds. The summed E-state index contributed by atoms with van der Waals surface area (Å²) in [6.45, 7) is 3.65. The minimum atomic E-state index is -0.432. The molecule has 1 aromatic rings. The van der Waals surface area contributed by atoms with Gasteiger partial charge in [-0.05, 0) is 13.8 Å². The van der Waals surface area contributed by atoms with Crippen molar-refractivity contribution >= 4 is 12.1 Å². The van der Waals surface area contributed by atoms with Gasteiger partial charge in [0.25, 0.3) is 0 Å². The summed E-state index contributed by atoms with van der Waals surface area (Å²) >= 11 is 0. The maximum absolute atomic E-state index is 11.2. The van der Waals surface area contributed by atoms with E-state index in [1.165, 1.54) is 10.8 Å². The Morgan fingerprint density at radius 1 is 1.62 bits per heavy atom. The molecule has 5 nitrogen and oxygen atoms in total. The third-order valence-electron chi connectivity index (χ3n) is 1.69. The quantitative estimate of drug-likeness (QED) is 0.662. The molecule has 0 aliphatic rings. The molecule has 0 saturated carbocycles. The number of nitrogens with two attached hydrogens (primary N) is 1. The number of carbonyl (C=O) groups is 1. The Labute approximate surface area is 75.2 Å². The van der Waals surface area contributed by atoms with Gasteiger partial charge in [-0.3, -0.25) is 9.36 Å². The number of aromatic nitrogens is 2. The van der Waals surface area contributed by atoms with Gasteiger partial charge in [-0.25, -0.2) is 4.79 Å². The van der Waals surface area contributed by atoms with E-state index in [-0.39, 0.29) is 17.4 Å². The molecule has 0 saturated heterocycles. The summed E-state index contributed by atoms with van der Waals surface area (Å²) < 4.78 is 1.36. The summed E-state index contributed by atoms with van der Waals surface area (Å²) in [5.74, 6) is -0.0168. The minimum Gasteiger partial charge on any atom is -0.383 e. The van der Waals surface area contributed by atoms with E-state index >= 15 is 0 Å². The second-order valence-corrected chi connectivity index (χ2v) is 2.98. The standard InChI is InChI=1S/C8H11N3O2/c1-5(2)11-3-6(4-12)7(9)10-8(11)13/h3-5H,1-2H3,(H2,9,10,13). The summed E-state index contributed by atoms with van der Waals surface area (Å²) in [6.07, 6.45) is 2.00. The highest BCUT2D eigenvalue weighted by molar-refractivity contribution is 5.80. The molecule has 5 heteroatoms. The zero-order chi connectivity index (χ0) is 10.0. The average Bonchev–Trinajstić information content (AvgIpc) is 2.03. The Hall–Kier alpha value is -1.65. The van der Waals surface area contributed by atoms with E-state index in [0.717, 1.165) is 0 Å². The van der Waals surface area contributed by atoms with Crippen molar-refractivity contribution in [1.82, 2.24) is 9.55 Å². The number of nitrogen functional groups attached to an aromatic ring is 1. The van der Waals surface area contributed by atoms with Crippen molar-refractivity contribution in [3.63, 3.8) is 0 Å². The first kappa shape index (κ1) is 9.44. The van der Waals surface area contributed by atoms with Crippen molar-refractivity contribution in [1.29, 1.82) is 0 Å². The van der Waals surface area contributed by atoms with Crippen molar-refractivity contribution in [2.24, 2.45) is 0 Å². The lowest BCUT2D eigenvalue weighted by Crippen LogP contribution is -2.26. The maximum atomic E-state index is 11.2. The Kier molecular flexibility index (Phi) is 2.46. The summed E-state index contributed by atoms with van der Waals surface area (Å²) in [4.78, 5) is 25.2. The third kappa shape index (κ3) is 1.74. The second kappa shape index (κ2) is 3.38. The summed E-state index contributed by atoms with van der Waals surface area (Å²) in [7, 11) is 0. The van der Waals surface area contributed by atoms with Gasteiger partial charge >= 0.3 is 5.69 Å². The maximum Gasteiger partial charge on any atom is 0.349 e. The highest BCUT2D eigenvalue weighted by Crippen LogP contribution is 2.05. The van der Waals surface area contributed by atoms with E-state index in [4.69, 9.17) is 5.73 Å². The van der Waals surface area contributed by atoms with Gasteiger partial charge in [-0.15, -0.1) is 0 Å². The summed E-state index contributed by atoms with van der Waals surface area (Å²) in [5.41, 5.74) is 5.16. The fourth-order valence-electron chi connectivity index (χ4n) is 0.957. The van der Waals surface area contributed by atoms with Gasteiger partial charge in [0.2, 0.25) is 0 Å². The predicted molar refractivity (Wildman–Crippen MR) is 48.7 cm³/mol. The fourth-order valence-corrected chi connectivity index (χ4v) is 0.957. The van der Waals surface area contributed by atoms with Gasteiger partial charge in [-0.1, -0.05) is 0 Å². The van der Waals surface area contributed by atoms with Crippen LogP contribution in [0.15, 0.2) is 11.0 Å². The Balaban J connectivity index is 3.39. The molecule has 1 heterocycles. The highest BCUT2D eigenvalue weighted by atomic mass is 16.1. The molecule has 0 unspecified atom stereocenters. The van der Waals surface area contributed by atoms with E-state index in [1.54, 1.807) is 0 Å². The lowest BCUT2D eigenvalue weighted by atomic mass is 10.3. The van der Waals surface area contributed by atoms with Gasteiger partial charge < -0.3 is 5.73 Å². The van der Waals surface area contributed by atoms with Crippen LogP contribution in [0, 0.1) is 0 Å². The molecule has 0 bridgehead atoms. The third-order valence-corrected chi connectivity index (χ3v) is 1.69. The van der Waals surface area contributed by atoms with Crippen LogP contribution in [0.2, 0.25) is 0 Å². The molecule has 0 radical (unpaired) electrons. The number of hydrogen-bond donors (Lipinski definition) is 1. The van der Waals surface area contributed by atoms with Gasteiger partial charge in [0.1, 0.15) is 5.82 Å². The first-order valence-corrected chi connectivity index (χ1v) is 3.90. The van der Waals surface area contributed by atoms with Crippen molar-refractivity contribution in [2.75, 3.05) is 5.73 Å². The van der Waals surface area contributed by atoms with E-state index in [9.17, 15) is 9.59 Å². The van der Waals surface area contributed by atoms with Crippen molar-refractivity contribution in [2.45, 2.75) is 19.9 Å². The topological polar surface area (TPSA) is 78.0 Å². The zero-order valence-electron chi connectivity index (χ0n) is 7.52. The van der Waals surface area contributed by atoms with Crippen LogP contribution in [0.3, 0.4) is 0 Å². The van der Waals surface area contributed by atoms with Crippen LogP contribution in [0.5, 0.6) is 0 Å². The molecular weight excluding hydrogens is 170 g/mol. The lowest BCUT2D eigenvalue weighted by molar-refractivity contribution is 0.112. The summed E-state index contributed by atoms with van der Waals surface area (Å²) in [6, 6.07) is -0.0284. The van der Waals surface area contributed by atoms with Gasteiger partial charge in [-0.2, -0.15) is 4.98 Å². The van der Waals surface area contributed by atoms with Crippen LogP contribution in [0.25, 0.3) is 0 Å². The van der Waals surface area contributed by atoms with E-state index < -0.39 is 5.69 Å². The van der Waals surface area contributed by atoms with E-state index in [1.807, 2.05) is 13.8 Å². The van der Waals surface area contributed by atoms with E-state index in [2.05, 4.69) is 4.98 Å². The summed E-state index contributed by atoms with van der Waals surface area (Å²) in [5, 5.41) is 0. The SMILES string of the molecule is CC(C)n1cc(C=O)c(N)nc1=O. The largest absolute Gasteiger partial charge is 0.383 e. The van der Waals surface area contributed by atoms with Crippen molar-refractivity contribution < 1.29 is 4.79 Å². The van der Waals surface area contributed by atoms with Crippen LogP contribution in [-0.2, 0) is 0 Å². The molecular formula is C8H11N3O2. The molecule has 70 valence electrons. The number of rotatable bonds is 2. The van der Waals surface area contributed by atoms with Crippen LogP contribution < -0.4 is 11.4 Å². The second-order valence-electron chi connectivity index (χ2n) is 2.98. The van der Waals surface area contributed by atoms with Gasteiger partial charge in [0, 0.05) is 12.2 Å². The smallest absolute Gasteiger partial charge is 0.349 e. The van der Waals surface area contributed by atoms with Gasteiger partial charge in [0.15, 0.2) is 6.29 Å². The number of anilines is 1. The number of hydrogen-bond acceptors (Lipinski definition) is 4. The first-order valence-electron chi connectivity index (χ1n) is 3.90.